The maximum absolute atomic E-state index is 10.7. The fourth-order valence-corrected chi connectivity index (χ4v) is 5.23. The van der Waals surface area contributed by atoms with Crippen LogP contribution in [0.4, 0.5) is 0 Å². The third-order valence-corrected chi connectivity index (χ3v) is 6.66. The van der Waals surface area contributed by atoms with Crippen molar-refractivity contribution in [3.05, 3.63) is 35.9 Å². The number of carboxylic acid groups (broad SMARTS) is 1. The minimum atomic E-state index is -0.698. The molecule has 0 radical (unpaired) electrons. The van der Waals surface area contributed by atoms with E-state index in [9.17, 15) is 4.79 Å². The summed E-state index contributed by atoms with van der Waals surface area (Å²) in [6, 6.07) is 10.4. The molecule has 0 amide bonds. The lowest BCUT2D eigenvalue weighted by atomic mass is 10.2. The first-order chi connectivity index (χ1) is 10.2. The molecule has 1 fully saturated rings. The van der Waals surface area contributed by atoms with E-state index in [1.54, 1.807) is 0 Å². The largest absolute Gasteiger partial charge is 0.481 e. The van der Waals surface area contributed by atoms with E-state index in [-0.39, 0.29) is 6.42 Å². The van der Waals surface area contributed by atoms with Gasteiger partial charge in [-0.3, -0.25) is 9.69 Å². The van der Waals surface area contributed by atoms with Gasteiger partial charge in [0.2, 0.25) is 0 Å². The second-order valence-corrected chi connectivity index (χ2v) is 8.14. The van der Waals surface area contributed by atoms with Gasteiger partial charge in [-0.1, -0.05) is 30.3 Å². The molecule has 1 N–H and O–H groups in total. The molecule has 5 heteroatoms. The van der Waals surface area contributed by atoms with Gasteiger partial charge in [0.05, 0.1) is 4.58 Å². The van der Waals surface area contributed by atoms with E-state index < -0.39 is 5.97 Å². The predicted molar refractivity (Wildman–Crippen MR) is 91.9 cm³/mol. The van der Waals surface area contributed by atoms with E-state index >= 15 is 0 Å². The Labute approximate surface area is 135 Å². The summed E-state index contributed by atoms with van der Waals surface area (Å²) in [5, 5.41) is 8.79. The molecule has 1 heterocycles. The Balaban J connectivity index is 1.81. The number of carboxylic acids is 1. The monoisotopic (exact) mass is 325 g/mol. The third-order valence-electron chi connectivity index (χ3n) is 3.49. The van der Waals surface area contributed by atoms with Gasteiger partial charge in [-0.05, 0) is 24.9 Å². The average molecular weight is 325 g/mol. The minimum absolute atomic E-state index is 0.262. The molecular weight excluding hydrogens is 302 g/mol. The van der Waals surface area contributed by atoms with Crippen molar-refractivity contribution in [3.63, 3.8) is 0 Å². The highest BCUT2D eigenvalue weighted by Gasteiger charge is 2.17. The Morgan fingerprint density at radius 3 is 2.57 bits per heavy atom. The van der Waals surface area contributed by atoms with Gasteiger partial charge in [0.15, 0.2) is 0 Å². The zero-order chi connectivity index (χ0) is 14.9. The molecule has 0 aliphatic carbocycles. The highest BCUT2D eigenvalue weighted by Crippen LogP contribution is 2.34. The molecule has 0 spiro atoms. The smallest absolute Gasteiger partial charge is 0.303 e. The number of benzene rings is 1. The summed E-state index contributed by atoms with van der Waals surface area (Å²) in [4.78, 5) is 13.1. The second kappa shape index (κ2) is 9.38. The van der Waals surface area contributed by atoms with Gasteiger partial charge in [-0.15, -0.1) is 23.5 Å². The van der Waals surface area contributed by atoms with Crippen molar-refractivity contribution in [1.29, 1.82) is 0 Å². The van der Waals surface area contributed by atoms with E-state index in [4.69, 9.17) is 5.11 Å². The molecule has 2 rings (SSSR count). The lowest BCUT2D eigenvalue weighted by molar-refractivity contribution is -0.137. The van der Waals surface area contributed by atoms with E-state index in [1.807, 2.05) is 6.07 Å². The Bertz CT molecular complexity index is 422. The summed E-state index contributed by atoms with van der Waals surface area (Å²) in [5.41, 5.74) is 1.31. The van der Waals surface area contributed by atoms with Crippen molar-refractivity contribution in [2.75, 3.05) is 24.6 Å². The van der Waals surface area contributed by atoms with Crippen molar-refractivity contribution in [2.45, 2.75) is 30.4 Å². The van der Waals surface area contributed by atoms with Crippen molar-refractivity contribution in [2.24, 2.45) is 0 Å². The lowest BCUT2D eigenvalue weighted by Gasteiger charge is -2.23. The number of rotatable bonds is 9. The molecule has 1 aliphatic rings. The molecule has 0 saturated carbocycles. The summed E-state index contributed by atoms with van der Waals surface area (Å²) in [7, 11) is 0. The Kier molecular flexibility index (Phi) is 7.47. The van der Waals surface area contributed by atoms with Gasteiger partial charge in [-0.25, -0.2) is 0 Å². The number of hydrogen-bond acceptors (Lipinski definition) is 4. The topological polar surface area (TPSA) is 40.5 Å². The van der Waals surface area contributed by atoms with Crippen LogP contribution in [0.2, 0.25) is 0 Å². The third kappa shape index (κ3) is 6.76. The quantitative estimate of drug-likeness (QED) is 0.752. The normalized spacial score (nSPS) is 15.7. The molecule has 1 saturated heterocycles. The summed E-state index contributed by atoms with van der Waals surface area (Å²) in [6.07, 6.45) is 2.18. The van der Waals surface area contributed by atoms with Crippen LogP contribution in [0.25, 0.3) is 0 Å². The first-order valence-corrected chi connectivity index (χ1v) is 9.55. The molecule has 116 valence electrons. The van der Waals surface area contributed by atoms with Crippen LogP contribution in [-0.4, -0.2) is 45.2 Å². The number of hydrogen-bond donors (Lipinski definition) is 1. The fraction of sp³-hybridized carbons (Fsp3) is 0.562. The zero-order valence-electron chi connectivity index (χ0n) is 12.2. The summed E-state index contributed by atoms with van der Waals surface area (Å²) in [5.74, 6) is 1.84. The van der Waals surface area contributed by atoms with Crippen molar-refractivity contribution >= 4 is 29.5 Å². The molecule has 0 atom stereocenters. The Morgan fingerprint density at radius 2 is 1.90 bits per heavy atom. The number of thioether (sulfide) groups is 2. The lowest BCUT2D eigenvalue weighted by Crippen LogP contribution is -2.27. The van der Waals surface area contributed by atoms with Crippen molar-refractivity contribution < 1.29 is 9.90 Å². The molecule has 1 aromatic carbocycles. The zero-order valence-corrected chi connectivity index (χ0v) is 13.9. The minimum Gasteiger partial charge on any atom is -0.481 e. The highest BCUT2D eigenvalue weighted by molar-refractivity contribution is 8.20. The van der Waals surface area contributed by atoms with Crippen molar-refractivity contribution in [1.82, 2.24) is 4.90 Å². The SMILES string of the molecule is O=C(O)CCCN(CCC1SCCS1)Cc1ccccc1. The second-order valence-electron chi connectivity index (χ2n) is 5.22. The molecule has 0 bridgehead atoms. The molecule has 1 aromatic rings. The molecular formula is C16H23NO2S2. The van der Waals surface area contributed by atoms with Gasteiger partial charge in [0.1, 0.15) is 0 Å². The number of aliphatic carboxylic acids is 1. The van der Waals surface area contributed by atoms with Gasteiger partial charge in [0.25, 0.3) is 0 Å². The standard InChI is InChI=1S/C16H23NO2S2/c18-15(19)7-4-9-17(10-8-16-20-11-12-21-16)13-14-5-2-1-3-6-14/h1-3,5-6,16H,4,7-13H2,(H,18,19). The maximum Gasteiger partial charge on any atom is 0.303 e. The van der Waals surface area contributed by atoms with Crippen LogP contribution in [0.1, 0.15) is 24.8 Å². The first-order valence-electron chi connectivity index (χ1n) is 7.45. The molecule has 0 aromatic heterocycles. The van der Waals surface area contributed by atoms with Crippen LogP contribution in [0, 0.1) is 0 Å². The van der Waals surface area contributed by atoms with Gasteiger partial charge >= 0.3 is 5.97 Å². The molecule has 21 heavy (non-hydrogen) atoms. The van der Waals surface area contributed by atoms with E-state index in [0.29, 0.717) is 0 Å². The van der Waals surface area contributed by atoms with Gasteiger partial charge in [-0.2, -0.15) is 0 Å². The Hall–Kier alpha value is -0.650. The van der Waals surface area contributed by atoms with Crippen molar-refractivity contribution in [3.8, 4) is 0 Å². The summed E-state index contributed by atoms with van der Waals surface area (Å²) >= 11 is 4.12. The van der Waals surface area contributed by atoms with Crippen LogP contribution >= 0.6 is 23.5 Å². The highest BCUT2D eigenvalue weighted by atomic mass is 32.2. The summed E-state index contributed by atoms with van der Waals surface area (Å²) < 4.78 is 0.725. The van der Waals surface area contributed by atoms with Gasteiger partial charge < -0.3 is 5.11 Å². The van der Waals surface area contributed by atoms with Crippen LogP contribution in [0.3, 0.4) is 0 Å². The predicted octanol–water partition coefficient (Wildman–Crippen LogP) is 3.55. The number of carbonyl (C=O) groups is 1. The maximum atomic E-state index is 10.7. The van der Waals surface area contributed by atoms with Crippen LogP contribution in [0.5, 0.6) is 0 Å². The van der Waals surface area contributed by atoms with E-state index in [0.717, 1.165) is 30.6 Å². The van der Waals surface area contributed by atoms with E-state index in [1.165, 1.54) is 23.5 Å². The van der Waals surface area contributed by atoms with E-state index in [2.05, 4.69) is 52.7 Å². The summed E-state index contributed by atoms with van der Waals surface area (Å²) in [6.45, 7) is 2.84. The fourth-order valence-electron chi connectivity index (χ4n) is 2.43. The molecule has 1 aliphatic heterocycles. The molecule has 3 nitrogen and oxygen atoms in total. The first kappa shape index (κ1) is 16.7. The van der Waals surface area contributed by atoms with Crippen LogP contribution in [-0.2, 0) is 11.3 Å². The number of nitrogens with zero attached hydrogens (tertiary/aromatic N) is 1. The van der Waals surface area contributed by atoms with Crippen LogP contribution < -0.4 is 0 Å². The Morgan fingerprint density at radius 1 is 1.19 bits per heavy atom. The van der Waals surface area contributed by atoms with Gasteiger partial charge in [0, 0.05) is 31.0 Å². The molecule has 0 unspecified atom stereocenters. The van der Waals surface area contributed by atoms with Crippen LogP contribution in [0.15, 0.2) is 30.3 Å². The average Bonchev–Trinajstić information content (AvgIpc) is 2.98.